The molecule has 26 heavy (non-hydrogen) atoms. The molecule has 0 saturated heterocycles. The summed E-state index contributed by atoms with van der Waals surface area (Å²) in [4.78, 5) is 2.21. The van der Waals surface area contributed by atoms with Crippen molar-refractivity contribution in [2.45, 2.75) is 32.9 Å². The number of phenols is 1. The van der Waals surface area contributed by atoms with Crippen LogP contribution in [0.25, 0.3) is 10.4 Å². The Labute approximate surface area is 154 Å². The monoisotopic (exact) mass is 376 g/mol. The summed E-state index contributed by atoms with van der Waals surface area (Å²) in [6.45, 7) is 3.90. The van der Waals surface area contributed by atoms with Crippen LogP contribution in [0.5, 0.6) is 5.75 Å². The molecule has 0 unspecified atom stereocenters. The Bertz CT molecular complexity index is 908. The Hall–Kier alpha value is -2.27. The smallest absolute Gasteiger partial charge is 0.416 e. The van der Waals surface area contributed by atoms with Gasteiger partial charge in [0.2, 0.25) is 0 Å². The van der Waals surface area contributed by atoms with Crippen LogP contribution in [-0.4, -0.2) is 5.11 Å². The van der Waals surface area contributed by atoms with Crippen molar-refractivity contribution in [3.8, 4) is 16.2 Å². The van der Waals surface area contributed by atoms with E-state index in [0.29, 0.717) is 5.75 Å². The minimum absolute atomic E-state index is 0.297. The van der Waals surface area contributed by atoms with E-state index in [0.717, 1.165) is 52.1 Å². The van der Waals surface area contributed by atoms with Crippen molar-refractivity contribution in [2.75, 3.05) is 0 Å². The number of aryl methyl sites for hydroxylation is 4. The molecule has 1 heterocycles. The third-order valence-electron chi connectivity index (χ3n) is 4.42. The van der Waals surface area contributed by atoms with Crippen LogP contribution in [0.1, 0.15) is 27.1 Å². The first-order valence-electron chi connectivity index (χ1n) is 8.29. The van der Waals surface area contributed by atoms with Gasteiger partial charge in [-0.2, -0.15) is 13.2 Å². The van der Waals surface area contributed by atoms with Crippen LogP contribution in [0.3, 0.4) is 0 Å². The molecule has 136 valence electrons. The maximum Gasteiger partial charge on any atom is 0.416 e. The lowest BCUT2D eigenvalue weighted by molar-refractivity contribution is -0.137. The molecule has 0 fully saturated rings. The highest BCUT2D eigenvalue weighted by Gasteiger charge is 2.30. The van der Waals surface area contributed by atoms with Crippen molar-refractivity contribution in [1.29, 1.82) is 0 Å². The minimum atomic E-state index is -4.31. The van der Waals surface area contributed by atoms with E-state index < -0.39 is 11.7 Å². The van der Waals surface area contributed by atoms with E-state index in [4.69, 9.17) is 0 Å². The zero-order chi connectivity index (χ0) is 18.9. The molecule has 0 spiro atoms. The molecular formula is C21H19F3OS. The predicted octanol–water partition coefficient (Wildman–Crippen LogP) is 6.54. The Balaban J connectivity index is 1.75. The molecule has 3 rings (SSSR count). The van der Waals surface area contributed by atoms with Crippen LogP contribution in [0, 0.1) is 13.8 Å². The number of benzene rings is 2. The maximum absolute atomic E-state index is 12.7. The Morgan fingerprint density at radius 1 is 0.885 bits per heavy atom. The molecule has 5 heteroatoms. The minimum Gasteiger partial charge on any atom is -0.508 e. The number of thiophene rings is 1. The maximum atomic E-state index is 12.7. The molecule has 1 nitrogen and oxygen atoms in total. The second kappa shape index (κ2) is 7.16. The molecule has 0 bridgehead atoms. The number of alkyl halides is 3. The molecule has 0 aliphatic heterocycles. The first-order chi connectivity index (χ1) is 12.2. The van der Waals surface area contributed by atoms with Gasteiger partial charge in [-0.25, -0.2) is 0 Å². The Kier molecular flexibility index (Phi) is 5.10. The normalized spacial score (nSPS) is 11.7. The van der Waals surface area contributed by atoms with Gasteiger partial charge in [0.15, 0.2) is 0 Å². The SMILES string of the molecule is Cc1cc(CCc2sc(-c3ccc(C(F)(F)F)cc3)cc2C)ccc1O. The average Bonchev–Trinajstić information content (AvgIpc) is 2.96. The molecule has 1 N–H and O–H groups in total. The third-order valence-corrected chi connectivity index (χ3v) is 5.77. The second-order valence-corrected chi connectivity index (χ2v) is 7.55. The third kappa shape index (κ3) is 4.10. The highest BCUT2D eigenvalue weighted by Crippen LogP contribution is 2.35. The van der Waals surface area contributed by atoms with Gasteiger partial charge in [-0.05, 0) is 73.2 Å². The van der Waals surface area contributed by atoms with E-state index >= 15 is 0 Å². The first kappa shape index (κ1) is 18.5. The fourth-order valence-electron chi connectivity index (χ4n) is 2.86. The number of hydrogen-bond acceptors (Lipinski definition) is 2. The lowest BCUT2D eigenvalue weighted by Gasteiger charge is -2.06. The van der Waals surface area contributed by atoms with Crippen molar-refractivity contribution in [1.82, 2.24) is 0 Å². The quantitative estimate of drug-likeness (QED) is 0.548. The highest BCUT2D eigenvalue weighted by molar-refractivity contribution is 7.15. The van der Waals surface area contributed by atoms with Gasteiger partial charge in [-0.1, -0.05) is 24.3 Å². The van der Waals surface area contributed by atoms with Gasteiger partial charge in [0.05, 0.1) is 5.56 Å². The topological polar surface area (TPSA) is 20.2 Å². The molecule has 2 aromatic carbocycles. The number of phenolic OH excluding ortho intramolecular Hbond substituents is 1. The van der Waals surface area contributed by atoms with Gasteiger partial charge in [0.25, 0.3) is 0 Å². The van der Waals surface area contributed by atoms with Crippen LogP contribution in [0.4, 0.5) is 13.2 Å². The van der Waals surface area contributed by atoms with Crippen LogP contribution in [0.2, 0.25) is 0 Å². The van der Waals surface area contributed by atoms with E-state index in [1.807, 2.05) is 32.0 Å². The van der Waals surface area contributed by atoms with Gasteiger partial charge < -0.3 is 5.11 Å². The first-order valence-corrected chi connectivity index (χ1v) is 9.11. The van der Waals surface area contributed by atoms with Gasteiger partial charge >= 0.3 is 6.18 Å². The molecule has 0 aliphatic rings. The fourth-order valence-corrected chi connectivity index (χ4v) is 4.04. The zero-order valence-corrected chi connectivity index (χ0v) is 15.3. The molecular weight excluding hydrogens is 357 g/mol. The standard InChI is InChI=1S/C21H19F3OS/c1-13-11-15(3-9-18(13)25)4-10-19-14(2)12-20(26-19)16-5-7-17(8-6-16)21(22,23)24/h3,5-9,11-12,25H,4,10H2,1-2H3. The van der Waals surface area contributed by atoms with Crippen molar-refractivity contribution in [3.05, 3.63) is 75.7 Å². The molecule has 0 amide bonds. The highest BCUT2D eigenvalue weighted by atomic mass is 32.1. The average molecular weight is 376 g/mol. The molecule has 0 saturated carbocycles. The predicted molar refractivity (Wildman–Crippen MR) is 99.7 cm³/mol. The molecule has 0 atom stereocenters. The van der Waals surface area contributed by atoms with E-state index in [1.165, 1.54) is 17.0 Å². The summed E-state index contributed by atoms with van der Waals surface area (Å²) in [6, 6.07) is 13.0. The second-order valence-electron chi connectivity index (χ2n) is 6.41. The van der Waals surface area contributed by atoms with Gasteiger partial charge in [0, 0.05) is 9.75 Å². The van der Waals surface area contributed by atoms with E-state index in [2.05, 4.69) is 0 Å². The van der Waals surface area contributed by atoms with Crippen molar-refractivity contribution in [3.63, 3.8) is 0 Å². The molecule has 0 aliphatic carbocycles. The van der Waals surface area contributed by atoms with Gasteiger partial charge in [-0.3, -0.25) is 0 Å². The van der Waals surface area contributed by atoms with Crippen LogP contribution >= 0.6 is 11.3 Å². The van der Waals surface area contributed by atoms with E-state index in [9.17, 15) is 18.3 Å². The molecule has 3 aromatic rings. The van der Waals surface area contributed by atoms with Crippen LogP contribution in [0.15, 0.2) is 48.5 Å². The Morgan fingerprint density at radius 2 is 1.58 bits per heavy atom. The van der Waals surface area contributed by atoms with Crippen molar-refractivity contribution in [2.24, 2.45) is 0 Å². The Morgan fingerprint density at radius 3 is 2.19 bits per heavy atom. The lowest BCUT2D eigenvalue weighted by Crippen LogP contribution is -2.03. The molecule has 1 aromatic heterocycles. The lowest BCUT2D eigenvalue weighted by atomic mass is 10.0. The summed E-state index contributed by atoms with van der Waals surface area (Å²) < 4.78 is 38.1. The van der Waals surface area contributed by atoms with Gasteiger partial charge in [0.1, 0.15) is 5.75 Å². The summed E-state index contributed by atoms with van der Waals surface area (Å²) in [5.74, 6) is 0.297. The van der Waals surface area contributed by atoms with E-state index in [-0.39, 0.29) is 0 Å². The molecule has 0 radical (unpaired) electrons. The number of halogens is 3. The van der Waals surface area contributed by atoms with Crippen LogP contribution < -0.4 is 0 Å². The number of rotatable bonds is 4. The zero-order valence-electron chi connectivity index (χ0n) is 14.5. The summed E-state index contributed by atoms with van der Waals surface area (Å²) in [7, 11) is 0. The van der Waals surface area contributed by atoms with Gasteiger partial charge in [-0.15, -0.1) is 11.3 Å². The summed E-state index contributed by atoms with van der Waals surface area (Å²) >= 11 is 1.62. The summed E-state index contributed by atoms with van der Waals surface area (Å²) in [6.07, 6.45) is -2.59. The van der Waals surface area contributed by atoms with E-state index in [1.54, 1.807) is 17.4 Å². The van der Waals surface area contributed by atoms with Crippen molar-refractivity contribution >= 4 is 11.3 Å². The fraction of sp³-hybridized carbons (Fsp3) is 0.238. The largest absolute Gasteiger partial charge is 0.508 e. The van der Waals surface area contributed by atoms with Crippen LogP contribution in [-0.2, 0) is 19.0 Å². The van der Waals surface area contributed by atoms with Crippen molar-refractivity contribution < 1.29 is 18.3 Å². The summed E-state index contributed by atoms with van der Waals surface area (Å²) in [5, 5.41) is 9.60. The number of hydrogen-bond donors (Lipinski definition) is 1. The summed E-state index contributed by atoms with van der Waals surface area (Å²) in [5.41, 5.74) is 3.34. The number of aromatic hydroxyl groups is 1.